The number of anilines is 1. The van der Waals surface area contributed by atoms with Crippen LogP contribution in [0.5, 0.6) is 0 Å². The summed E-state index contributed by atoms with van der Waals surface area (Å²) in [5.74, 6) is 0.339. The van der Waals surface area contributed by atoms with Crippen LogP contribution in [-0.2, 0) is 19.6 Å². The normalized spacial score (nSPS) is 22.0. The number of benzene rings is 1. The first-order valence-electron chi connectivity index (χ1n) is 7.96. The minimum Gasteiger partial charge on any atom is -0.381 e. The summed E-state index contributed by atoms with van der Waals surface area (Å²) in [7, 11) is -3.54. The Labute approximate surface area is 136 Å². The summed E-state index contributed by atoms with van der Waals surface area (Å²) in [6.07, 6.45) is 2.30. The fraction of sp³-hybridized carbons (Fsp3) is 0.562. The standard InChI is InChI=1S/C16H22N2O4S/c1-12-9-14(18-7-2-3-16(18)19)4-5-15(12)23(20,21)17-10-13-6-8-22-11-13/h4-5,9,13,17H,2-3,6-8,10-11H2,1H3/t13-/m1/s1. The molecule has 126 valence electrons. The molecule has 6 nitrogen and oxygen atoms in total. The summed E-state index contributed by atoms with van der Waals surface area (Å²) in [6, 6.07) is 5.07. The van der Waals surface area contributed by atoms with Crippen LogP contribution >= 0.6 is 0 Å². The van der Waals surface area contributed by atoms with Crippen molar-refractivity contribution < 1.29 is 17.9 Å². The van der Waals surface area contributed by atoms with Crippen molar-refractivity contribution in [2.75, 3.05) is 31.2 Å². The average Bonchev–Trinajstić information content (AvgIpc) is 3.16. The van der Waals surface area contributed by atoms with Crippen LogP contribution < -0.4 is 9.62 Å². The summed E-state index contributed by atoms with van der Waals surface area (Å²) >= 11 is 0. The van der Waals surface area contributed by atoms with Crippen LogP contribution in [-0.4, -0.2) is 40.6 Å². The Bertz CT molecular complexity index is 696. The Balaban J connectivity index is 1.75. The molecule has 2 saturated heterocycles. The van der Waals surface area contributed by atoms with E-state index in [-0.39, 0.29) is 16.7 Å². The van der Waals surface area contributed by atoms with Gasteiger partial charge in [0.25, 0.3) is 0 Å². The van der Waals surface area contributed by atoms with E-state index in [1.807, 2.05) is 0 Å². The van der Waals surface area contributed by atoms with Crippen LogP contribution in [0.15, 0.2) is 23.1 Å². The zero-order chi connectivity index (χ0) is 16.4. The number of ether oxygens (including phenoxy) is 1. The highest BCUT2D eigenvalue weighted by atomic mass is 32.2. The molecule has 23 heavy (non-hydrogen) atoms. The minimum absolute atomic E-state index is 0.0966. The molecule has 1 amide bonds. The van der Waals surface area contributed by atoms with Crippen LogP contribution in [0.3, 0.4) is 0 Å². The van der Waals surface area contributed by atoms with Gasteiger partial charge in [-0.15, -0.1) is 0 Å². The molecule has 0 saturated carbocycles. The molecule has 0 aromatic heterocycles. The lowest BCUT2D eigenvalue weighted by Crippen LogP contribution is -2.30. The largest absolute Gasteiger partial charge is 0.381 e. The molecule has 0 aliphatic carbocycles. The van der Waals surface area contributed by atoms with Crippen molar-refractivity contribution >= 4 is 21.6 Å². The second kappa shape index (κ2) is 6.59. The number of hydrogen-bond acceptors (Lipinski definition) is 4. The zero-order valence-electron chi connectivity index (χ0n) is 13.2. The third-order valence-corrected chi connectivity index (χ3v) is 6.00. The molecular formula is C16H22N2O4S. The quantitative estimate of drug-likeness (QED) is 0.881. The Hall–Kier alpha value is -1.44. The summed E-state index contributed by atoms with van der Waals surface area (Å²) in [5.41, 5.74) is 1.42. The maximum atomic E-state index is 12.5. The molecule has 2 aliphatic heterocycles. The maximum absolute atomic E-state index is 12.5. The average molecular weight is 338 g/mol. The number of nitrogens with zero attached hydrogens (tertiary/aromatic N) is 1. The number of nitrogens with one attached hydrogen (secondary N) is 1. The van der Waals surface area contributed by atoms with Crippen molar-refractivity contribution in [2.45, 2.75) is 31.1 Å². The second-order valence-corrected chi connectivity index (χ2v) is 7.92. The molecule has 2 fully saturated rings. The minimum atomic E-state index is -3.54. The van der Waals surface area contributed by atoms with Gasteiger partial charge in [0.2, 0.25) is 15.9 Å². The molecule has 1 N–H and O–H groups in total. The smallest absolute Gasteiger partial charge is 0.240 e. The van der Waals surface area contributed by atoms with Gasteiger partial charge in [-0.3, -0.25) is 4.79 Å². The van der Waals surface area contributed by atoms with Gasteiger partial charge in [-0.1, -0.05) is 0 Å². The Morgan fingerprint density at radius 2 is 2.22 bits per heavy atom. The van der Waals surface area contributed by atoms with E-state index in [2.05, 4.69) is 4.72 Å². The summed E-state index contributed by atoms with van der Waals surface area (Å²) in [6.45, 7) is 4.16. The first kappa shape index (κ1) is 16.4. The SMILES string of the molecule is Cc1cc(N2CCCC2=O)ccc1S(=O)(=O)NC[C@H]1CCOC1. The van der Waals surface area contributed by atoms with Crippen molar-refractivity contribution in [3.63, 3.8) is 0 Å². The summed E-state index contributed by atoms with van der Waals surface area (Å²) in [5, 5.41) is 0. The molecule has 0 bridgehead atoms. The molecule has 1 aromatic carbocycles. The maximum Gasteiger partial charge on any atom is 0.240 e. The molecule has 1 aromatic rings. The monoisotopic (exact) mass is 338 g/mol. The molecule has 1 atom stereocenters. The predicted molar refractivity (Wildman–Crippen MR) is 86.9 cm³/mol. The van der Waals surface area contributed by atoms with Gasteiger partial charge in [0.1, 0.15) is 0 Å². The first-order valence-corrected chi connectivity index (χ1v) is 9.44. The first-order chi connectivity index (χ1) is 11.0. The van der Waals surface area contributed by atoms with Crippen LogP contribution in [0.1, 0.15) is 24.8 Å². The van der Waals surface area contributed by atoms with E-state index < -0.39 is 10.0 Å². The second-order valence-electron chi connectivity index (χ2n) is 6.18. The molecule has 0 radical (unpaired) electrons. The Morgan fingerprint density at radius 1 is 1.39 bits per heavy atom. The van der Waals surface area contributed by atoms with Gasteiger partial charge in [0, 0.05) is 31.8 Å². The van der Waals surface area contributed by atoms with Crippen LogP contribution in [0.4, 0.5) is 5.69 Å². The molecular weight excluding hydrogens is 316 g/mol. The lowest BCUT2D eigenvalue weighted by molar-refractivity contribution is -0.117. The van der Waals surface area contributed by atoms with Gasteiger partial charge in [0.05, 0.1) is 11.5 Å². The lowest BCUT2D eigenvalue weighted by Gasteiger charge is -2.18. The van der Waals surface area contributed by atoms with Gasteiger partial charge in [0.15, 0.2) is 0 Å². The van der Waals surface area contributed by atoms with Gasteiger partial charge in [-0.2, -0.15) is 0 Å². The highest BCUT2D eigenvalue weighted by Crippen LogP contribution is 2.26. The number of carbonyl (C=O) groups excluding carboxylic acids is 1. The lowest BCUT2D eigenvalue weighted by atomic mass is 10.1. The van der Waals surface area contributed by atoms with Crippen LogP contribution in [0, 0.1) is 12.8 Å². The van der Waals surface area contributed by atoms with Crippen LogP contribution in [0.25, 0.3) is 0 Å². The number of aryl methyl sites for hydroxylation is 1. The molecule has 7 heteroatoms. The van der Waals surface area contributed by atoms with Crippen molar-refractivity contribution in [3.05, 3.63) is 23.8 Å². The van der Waals surface area contributed by atoms with Gasteiger partial charge in [-0.25, -0.2) is 13.1 Å². The molecule has 3 rings (SSSR count). The van der Waals surface area contributed by atoms with E-state index in [4.69, 9.17) is 4.74 Å². The van der Waals surface area contributed by atoms with Gasteiger partial charge < -0.3 is 9.64 Å². The van der Waals surface area contributed by atoms with Gasteiger partial charge >= 0.3 is 0 Å². The number of sulfonamides is 1. The molecule has 2 aliphatic rings. The highest BCUT2D eigenvalue weighted by Gasteiger charge is 2.25. The van der Waals surface area contributed by atoms with Crippen molar-refractivity contribution in [2.24, 2.45) is 5.92 Å². The van der Waals surface area contributed by atoms with Crippen LogP contribution in [0.2, 0.25) is 0 Å². The highest BCUT2D eigenvalue weighted by molar-refractivity contribution is 7.89. The Morgan fingerprint density at radius 3 is 2.83 bits per heavy atom. The van der Waals surface area contributed by atoms with E-state index in [9.17, 15) is 13.2 Å². The van der Waals surface area contributed by atoms with E-state index in [0.29, 0.717) is 38.3 Å². The van der Waals surface area contributed by atoms with E-state index in [1.54, 1.807) is 30.0 Å². The van der Waals surface area contributed by atoms with Gasteiger partial charge in [-0.05, 0) is 49.4 Å². The van der Waals surface area contributed by atoms with E-state index in [0.717, 1.165) is 18.5 Å². The molecule has 0 unspecified atom stereocenters. The number of carbonyl (C=O) groups is 1. The summed E-state index contributed by atoms with van der Waals surface area (Å²) in [4.78, 5) is 13.8. The third kappa shape index (κ3) is 3.57. The Kier molecular flexibility index (Phi) is 4.70. The third-order valence-electron chi connectivity index (χ3n) is 4.42. The topological polar surface area (TPSA) is 75.7 Å². The van der Waals surface area contributed by atoms with Crippen molar-refractivity contribution in [3.8, 4) is 0 Å². The van der Waals surface area contributed by atoms with Crippen molar-refractivity contribution in [1.82, 2.24) is 4.72 Å². The molecule has 2 heterocycles. The predicted octanol–water partition coefficient (Wildman–Crippen LogP) is 1.44. The van der Waals surface area contributed by atoms with E-state index >= 15 is 0 Å². The fourth-order valence-corrected chi connectivity index (χ4v) is 4.41. The number of rotatable bonds is 5. The van der Waals surface area contributed by atoms with E-state index in [1.165, 1.54) is 0 Å². The zero-order valence-corrected chi connectivity index (χ0v) is 14.1. The summed E-state index contributed by atoms with van der Waals surface area (Å²) < 4.78 is 32.9. The fourth-order valence-electron chi connectivity index (χ4n) is 3.07. The van der Waals surface area contributed by atoms with Crippen molar-refractivity contribution in [1.29, 1.82) is 0 Å². The molecule has 0 spiro atoms. The number of amides is 1. The number of hydrogen-bond donors (Lipinski definition) is 1.